The fourth-order valence-electron chi connectivity index (χ4n) is 5.57. The lowest BCUT2D eigenvalue weighted by Gasteiger charge is -2.22. The fraction of sp³-hybridized carbons (Fsp3) is 0.323. The van der Waals surface area contributed by atoms with Crippen molar-refractivity contribution < 1.29 is 4.57 Å². The molecule has 0 saturated carbocycles. The van der Waals surface area contributed by atoms with Crippen LogP contribution in [0.5, 0.6) is 0 Å². The van der Waals surface area contributed by atoms with Crippen molar-refractivity contribution in [3.63, 3.8) is 0 Å². The SMILES string of the molecule is CCC(C)c1ccc2c(-c3cc4c(cc3C)-c3ccccc3C4(C)C)[n+](C)c(C)cc2c1. The maximum Gasteiger partial charge on any atom is 0.220 e. The summed E-state index contributed by atoms with van der Waals surface area (Å²) >= 11 is 0. The van der Waals surface area contributed by atoms with Gasteiger partial charge < -0.3 is 0 Å². The Morgan fingerprint density at radius 2 is 1.59 bits per heavy atom. The highest BCUT2D eigenvalue weighted by molar-refractivity contribution is 5.95. The second-order valence-electron chi connectivity index (χ2n) is 10.2. The molecule has 0 spiro atoms. The van der Waals surface area contributed by atoms with Crippen molar-refractivity contribution in [2.45, 2.75) is 59.3 Å². The molecule has 3 aromatic carbocycles. The molecule has 32 heavy (non-hydrogen) atoms. The van der Waals surface area contributed by atoms with Gasteiger partial charge in [0.1, 0.15) is 7.05 Å². The van der Waals surface area contributed by atoms with Crippen LogP contribution in [-0.2, 0) is 12.5 Å². The number of aryl methyl sites for hydroxylation is 2. The van der Waals surface area contributed by atoms with Crippen LogP contribution >= 0.6 is 0 Å². The Balaban J connectivity index is 1.79. The number of aromatic nitrogens is 1. The van der Waals surface area contributed by atoms with Crippen molar-refractivity contribution in [2.24, 2.45) is 7.05 Å². The van der Waals surface area contributed by atoms with Crippen molar-refractivity contribution >= 4 is 10.8 Å². The number of pyridine rings is 1. The van der Waals surface area contributed by atoms with E-state index in [4.69, 9.17) is 0 Å². The van der Waals surface area contributed by atoms with Gasteiger partial charge in [-0.05, 0) is 70.2 Å². The lowest BCUT2D eigenvalue weighted by atomic mass is 9.81. The second kappa shape index (κ2) is 7.30. The highest BCUT2D eigenvalue weighted by Crippen LogP contribution is 2.50. The van der Waals surface area contributed by atoms with Crippen LogP contribution in [0.15, 0.2) is 60.7 Å². The minimum Gasteiger partial charge on any atom is -0.198 e. The first-order valence-corrected chi connectivity index (χ1v) is 11.9. The first-order chi connectivity index (χ1) is 15.2. The molecule has 0 radical (unpaired) electrons. The number of fused-ring (bicyclic) bond motifs is 4. The molecule has 0 N–H and O–H groups in total. The minimum atomic E-state index is 0.0102. The molecule has 5 rings (SSSR count). The molecule has 1 aliphatic rings. The Bertz CT molecular complexity index is 1370. The highest BCUT2D eigenvalue weighted by Gasteiger charge is 2.36. The van der Waals surface area contributed by atoms with Crippen LogP contribution in [0.1, 0.15) is 68.0 Å². The summed E-state index contributed by atoms with van der Waals surface area (Å²) in [5.74, 6) is 0.582. The van der Waals surface area contributed by atoms with Gasteiger partial charge in [0.05, 0.1) is 10.9 Å². The number of benzene rings is 3. The molecule has 1 aromatic heterocycles. The van der Waals surface area contributed by atoms with Crippen molar-refractivity contribution in [2.75, 3.05) is 0 Å². The quantitative estimate of drug-likeness (QED) is 0.298. The maximum absolute atomic E-state index is 2.47. The number of hydrogen-bond acceptors (Lipinski definition) is 0. The minimum absolute atomic E-state index is 0.0102. The van der Waals surface area contributed by atoms with E-state index in [0.717, 1.165) is 6.42 Å². The molecule has 0 amide bonds. The topological polar surface area (TPSA) is 3.88 Å². The largest absolute Gasteiger partial charge is 0.220 e. The third-order valence-electron chi connectivity index (χ3n) is 7.92. The van der Waals surface area contributed by atoms with Gasteiger partial charge in [-0.25, -0.2) is 0 Å². The van der Waals surface area contributed by atoms with Crippen molar-refractivity contribution in [3.8, 4) is 22.4 Å². The molecule has 1 heteroatoms. The Morgan fingerprint density at radius 3 is 2.34 bits per heavy atom. The highest BCUT2D eigenvalue weighted by atomic mass is 14.9. The predicted octanol–water partition coefficient (Wildman–Crippen LogP) is 7.77. The molecule has 1 nitrogen and oxygen atoms in total. The van der Waals surface area contributed by atoms with Crippen LogP contribution in [0.25, 0.3) is 33.2 Å². The first kappa shape index (κ1) is 20.9. The Kier molecular flexibility index (Phi) is 4.78. The zero-order chi connectivity index (χ0) is 22.8. The zero-order valence-electron chi connectivity index (χ0n) is 20.5. The molecule has 1 atom stereocenters. The van der Waals surface area contributed by atoms with Crippen LogP contribution in [0, 0.1) is 13.8 Å². The molecule has 1 unspecified atom stereocenters. The lowest BCUT2D eigenvalue weighted by Crippen LogP contribution is -2.35. The maximum atomic E-state index is 2.47. The van der Waals surface area contributed by atoms with Crippen LogP contribution in [0.3, 0.4) is 0 Å². The van der Waals surface area contributed by atoms with E-state index in [1.165, 1.54) is 61.1 Å². The van der Waals surface area contributed by atoms with Crippen molar-refractivity contribution in [1.29, 1.82) is 0 Å². The molecular formula is C31H34N+. The van der Waals surface area contributed by atoms with E-state index < -0.39 is 0 Å². The molecule has 0 fully saturated rings. The molecule has 4 aromatic rings. The van der Waals surface area contributed by atoms with E-state index in [1.54, 1.807) is 0 Å². The zero-order valence-corrected chi connectivity index (χ0v) is 20.5. The van der Waals surface area contributed by atoms with Gasteiger partial charge in [0.15, 0.2) is 5.69 Å². The van der Waals surface area contributed by atoms with E-state index in [-0.39, 0.29) is 5.41 Å². The van der Waals surface area contributed by atoms with Gasteiger partial charge in [-0.3, -0.25) is 0 Å². The molecule has 1 heterocycles. The van der Waals surface area contributed by atoms with Crippen LogP contribution in [0.4, 0.5) is 0 Å². The fourth-order valence-corrected chi connectivity index (χ4v) is 5.57. The van der Waals surface area contributed by atoms with Gasteiger partial charge in [0, 0.05) is 18.4 Å². The second-order valence-corrected chi connectivity index (χ2v) is 10.2. The number of nitrogens with zero attached hydrogens (tertiary/aromatic N) is 1. The van der Waals surface area contributed by atoms with Gasteiger partial charge in [-0.1, -0.05) is 70.2 Å². The van der Waals surface area contributed by atoms with E-state index in [0.29, 0.717) is 5.92 Å². The summed E-state index contributed by atoms with van der Waals surface area (Å²) in [5, 5.41) is 2.68. The van der Waals surface area contributed by atoms with Crippen LogP contribution in [-0.4, -0.2) is 0 Å². The molecule has 0 aliphatic heterocycles. The van der Waals surface area contributed by atoms with Crippen LogP contribution < -0.4 is 4.57 Å². The molecule has 162 valence electrons. The van der Waals surface area contributed by atoms with Crippen molar-refractivity contribution in [1.82, 2.24) is 0 Å². The molecule has 0 bridgehead atoms. The number of rotatable bonds is 3. The predicted molar refractivity (Wildman–Crippen MR) is 136 cm³/mol. The normalized spacial score (nSPS) is 15.0. The molecule has 0 saturated heterocycles. The van der Waals surface area contributed by atoms with E-state index >= 15 is 0 Å². The third kappa shape index (κ3) is 2.94. The number of hydrogen-bond donors (Lipinski definition) is 0. The van der Waals surface area contributed by atoms with Gasteiger partial charge in [-0.15, -0.1) is 0 Å². The van der Waals surface area contributed by atoms with Gasteiger partial charge in [-0.2, -0.15) is 4.57 Å². The summed E-state index contributed by atoms with van der Waals surface area (Å²) in [6.07, 6.45) is 1.16. The van der Waals surface area contributed by atoms with E-state index in [2.05, 4.69) is 114 Å². The standard InChI is InChI=1S/C31H34N/c1-8-19(2)22-13-14-24-23(17-22)16-21(4)32(7)30(24)26-18-29-27(15-20(26)3)25-11-9-10-12-28(25)31(29,5)6/h9-19H,8H2,1-7H3/q+1. The average Bonchev–Trinajstić information content (AvgIpc) is 3.00. The molecule has 1 aliphatic carbocycles. The van der Waals surface area contributed by atoms with E-state index in [9.17, 15) is 0 Å². The smallest absolute Gasteiger partial charge is 0.198 e. The average molecular weight is 421 g/mol. The summed E-state index contributed by atoms with van der Waals surface area (Å²) in [7, 11) is 2.21. The third-order valence-corrected chi connectivity index (χ3v) is 7.92. The lowest BCUT2D eigenvalue weighted by molar-refractivity contribution is -0.665. The Morgan fingerprint density at radius 1 is 0.844 bits per heavy atom. The van der Waals surface area contributed by atoms with Gasteiger partial charge >= 0.3 is 0 Å². The Hall–Kier alpha value is -2.93. The summed E-state index contributed by atoms with van der Waals surface area (Å²) in [5.41, 5.74) is 12.4. The summed E-state index contributed by atoms with van der Waals surface area (Å²) < 4.78 is 2.37. The summed E-state index contributed by atoms with van der Waals surface area (Å²) in [6.45, 7) is 13.8. The molecular weight excluding hydrogens is 386 g/mol. The van der Waals surface area contributed by atoms with Gasteiger partial charge in [0.2, 0.25) is 5.69 Å². The van der Waals surface area contributed by atoms with Crippen molar-refractivity contribution in [3.05, 3.63) is 88.6 Å². The first-order valence-electron chi connectivity index (χ1n) is 11.9. The van der Waals surface area contributed by atoms with E-state index in [1.807, 2.05) is 0 Å². The summed E-state index contributed by atoms with van der Waals surface area (Å²) in [4.78, 5) is 0. The summed E-state index contributed by atoms with van der Waals surface area (Å²) in [6, 6.07) is 23.2. The van der Waals surface area contributed by atoms with Crippen LogP contribution in [0.2, 0.25) is 0 Å². The van der Waals surface area contributed by atoms with Gasteiger partial charge in [0.25, 0.3) is 0 Å². The Labute approximate surface area is 192 Å². The monoisotopic (exact) mass is 420 g/mol.